The summed E-state index contributed by atoms with van der Waals surface area (Å²) in [5.41, 5.74) is 1.02. The number of hydrogen-bond acceptors (Lipinski definition) is 4. The van der Waals surface area contributed by atoms with Crippen molar-refractivity contribution in [1.82, 2.24) is 20.2 Å². The molecule has 2 amide bonds. The number of carbonyl (C=O) groups is 2. The number of hydrogen-bond donors (Lipinski definition) is 2. The van der Waals surface area contributed by atoms with Crippen LogP contribution >= 0.6 is 0 Å². The third-order valence-electron chi connectivity index (χ3n) is 8.00. The predicted molar refractivity (Wildman–Crippen MR) is 132 cm³/mol. The average molecular weight is 482 g/mol. The highest BCUT2D eigenvalue weighted by Crippen LogP contribution is 2.65. The number of carbonyl (C=O) groups excluding carboxylic acids is 2. The first-order valence-corrected chi connectivity index (χ1v) is 11.9. The van der Waals surface area contributed by atoms with Crippen molar-refractivity contribution in [1.29, 1.82) is 5.26 Å². The molecular weight excluding hydrogens is 457 g/mol. The van der Waals surface area contributed by atoms with Gasteiger partial charge in [0.05, 0.1) is 11.6 Å². The van der Waals surface area contributed by atoms with Crippen LogP contribution in [0.5, 0.6) is 0 Å². The number of rotatable bonds is 4. The maximum Gasteiger partial charge on any atom is 0.271 e. The lowest BCUT2D eigenvalue weighted by Gasteiger charge is -2.30. The van der Waals surface area contributed by atoms with E-state index in [4.69, 9.17) is 0 Å². The molecule has 0 bridgehead atoms. The average Bonchev–Trinajstić information content (AvgIpc) is 3.26. The van der Waals surface area contributed by atoms with Gasteiger partial charge in [0.2, 0.25) is 5.91 Å². The van der Waals surface area contributed by atoms with Crippen molar-refractivity contribution < 1.29 is 14.0 Å². The summed E-state index contributed by atoms with van der Waals surface area (Å²) < 4.78 is 14.2. The van der Waals surface area contributed by atoms with E-state index < -0.39 is 17.9 Å². The SMILES string of the molecule is CC1(C)[C@@H]2[C@@H](C(=O)NC(C#N)c3cncc4ccccc34)N(C(=O)c3cc4cccc(F)c4[nH]3)C[C@@H]21. The number of likely N-dealkylation sites (tertiary alicyclic amines) is 1. The minimum atomic E-state index is -0.920. The molecule has 1 unspecified atom stereocenters. The summed E-state index contributed by atoms with van der Waals surface area (Å²) in [5.74, 6) is -1.00. The normalized spacial score (nSPS) is 22.7. The topological polar surface area (TPSA) is 102 Å². The molecule has 2 aromatic heterocycles. The second kappa shape index (κ2) is 7.89. The summed E-state index contributed by atoms with van der Waals surface area (Å²) in [6.07, 6.45) is 3.31. The maximum absolute atomic E-state index is 14.2. The second-order valence-electron chi connectivity index (χ2n) is 10.3. The van der Waals surface area contributed by atoms with Gasteiger partial charge in [-0.1, -0.05) is 50.2 Å². The highest BCUT2D eigenvalue weighted by molar-refractivity contribution is 6.01. The van der Waals surface area contributed by atoms with Crippen LogP contribution in [-0.2, 0) is 4.79 Å². The van der Waals surface area contributed by atoms with Gasteiger partial charge >= 0.3 is 0 Å². The van der Waals surface area contributed by atoms with Crippen molar-refractivity contribution in [2.75, 3.05) is 6.54 Å². The number of piperidine rings is 1. The Balaban J connectivity index is 1.31. The van der Waals surface area contributed by atoms with Gasteiger partial charge in [0, 0.05) is 35.3 Å². The number of fused-ring (bicyclic) bond motifs is 3. The first-order valence-electron chi connectivity index (χ1n) is 11.9. The van der Waals surface area contributed by atoms with Crippen LogP contribution in [0.15, 0.2) is 60.9 Å². The molecule has 4 aromatic rings. The predicted octanol–water partition coefficient (Wildman–Crippen LogP) is 4.33. The lowest BCUT2D eigenvalue weighted by molar-refractivity contribution is -0.126. The van der Waals surface area contributed by atoms with E-state index >= 15 is 0 Å². The van der Waals surface area contributed by atoms with Crippen molar-refractivity contribution in [3.05, 3.63) is 78.0 Å². The summed E-state index contributed by atoms with van der Waals surface area (Å²) in [5, 5.41) is 15.1. The Hall–Kier alpha value is -4.25. The van der Waals surface area contributed by atoms with Crippen LogP contribution in [0.25, 0.3) is 21.7 Å². The van der Waals surface area contributed by atoms with Crippen molar-refractivity contribution in [2.45, 2.75) is 25.9 Å². The summed E-state index contributed by atoms with van der Waals surface area (Å²) in [6.45, 7) is 4.62. The van der Waals surface area contributed by atoms with E-state index in [0.717, 1.165) is 10.8 Å². The number of pyridine rings is 1. The number of benzene rings is 2. The molecule has 36 heavy (non-hydrogen) atoms. The van der Waals surface area contributed by atoms with Crippen LogP contribution in [0.3, 0.4) is 0 Å². The van der Waals surface area contributed by atoms with Crippen molar-refractivity contribution in [3.8, 4) is 6.07 Å². The van der Waals surface area contributed by atoms with Crippen molar-refractivity contribution in [2.24, 2.45) is 17.3 Å². The first kappa shape index (κ1) is 22.2. The van der Waals surface area contributed by atoms with Gasteiger partial charge in [0.1, 0.15) is 23.6 Å². The number of nitrogens with one attached hydrogen (secondary N) is 2. The summed E-state index contributed by atoms with van der Waals surface area (Å²) in [6, 6.07) is 14.4. The molecule has 2 N–H and O–H groups in total. The van der Waals surface area contributed by atoms with Crippen molar-refractivity contribution >= 4 is 33.5 Å². The number of nitriles is 1. The monoisotopic (exact) mass is 481 g/mol. The molecule has 2 aliphatic rings. The Kier molecular flexibility index (Phi) is 4.87. The summed E-state index contributed by atoms with van der Waals surface area (Å²) in [7, 11) is 0. The standard InChI is InChI=1S/C28H24FN5O2/c1-28(2)19-14-34(27(36)21-10-15-7-5-9-20(29)24(15)32-21)25(23(19)28)26(35)33-22(11-30)18-13-31-12-16-6-3-4-8-17(16)18/h3-10,12-13,19,22-23,25,32H,14H2,1-2H3,(H,33,35)/t19-,22?,23-,25-/m0/s1. The number of aromatic amines is 1. The third-order valence-corrected chi connectivity index (χ3v) is 8.00. The number of nitrogens with zero attached hydrogens (tertiary/aromatic N) is 3. The Bertz CT molecular complexity index is 1580. The molecule has 1 aliphatic carbocycles. The summed E-state index contributed by atoms with van der Waals surface area (Å²) in [4.78, 5) is 35.9. The molecule has 6 rings (SSSR count). The minimum absolute atomic E-state index is 0.0208. The van der Waals surface area contributed by atoms with Gasteiger partial charge < -0.3 is 15.2 Å². The summed E-state index contributed by atoms with van der Waals surface area (Å²) >= 11 is 0. The fraction of sp³-hybridized carbons (Fsp3) is 0.286. The largest absolute Gasteiger partial charge is 0.348 e. The van der Waals surface area contributed by atoms with Gasteiger partial charge in [-0.2, -0.15) is 5.26 Å². The van der Waals surface area contributed by atoms with Crippen LogP contribution in [-0.4, -0.2) is 39.3 Å². The number of amides is 2. The van der Waals surface area contributed by atoms with E-state index in [1.165, 1.54) is 6.07 Å². The quantitative estimate of drug-likeness (QED) is 0.453. The molecule has 1 aliphatic heterocycles. The zero-order valence-corrected chi connectivity index (χ0v) is 19.8. The molecular formula is C28H24FN5O2. The highest BCUT2D eigenvalue weighted by Gasteiger charge is 2.69. The van der Waals surface area contributed by atoms with E-state index in [9.17, 15) is 19.2 Å². The number of H-pyrrole nitrogens is 1. The molecule has 180 valence electrons. The molecule has 3 heterocycles. The van der Waals surface area contributed by atoms with E-state index in [0.29, 0.717) is 17.5 Å². The lowest BCUT2D eigenvalue weighted by Crippen LogP contribution is -2.50. The van der Waals surface area contributed by atoms with E-state index in [1.807, 2.05) is 24.3 Å². The van der Waals surface area contributed by atoms with E-state index in [1.54, 1.807) is 35.5 Å². The van der Waals surface area contributed by atoms with Crippen LogP contribution in [0, 0.1) is 34.4 Å². The van der Waals surface area contributed by atoms with E-state index in [-0.39, 0.29) is 40.3 Å². The van der Waals surface area contributed by atoms with Gasteiger partial charge in [-0.15, -0.1) is 0 Å². The molecule has 1 saturated heterocycles. The molecule has 0 radical (unpaired) electrons. The molecule has 7 nitrogen and oxygen atoms in total. The van der Waals surface area contributed by atoms with Gasteiger partial charge in [0.15, 0.2) is 0 Å². The Morgan fingerprint density at radius 2 is 1.97 bits per heavy atom. The minimum Gasteiger partial charge on any atom is -0.348 e. The Morgan fingerprint density at radius 1 is 1.19 bits per heavy atom. The van der Waals surface area contributed by atoms with Crippen molar-refractivity contribution in [3.63, 3.8) is 0 Å². The number of para-hydroxylation sites is 1. The highest BCUT2D eigenvalue weighted by atomic mass is 19.1. The molecule has 0 spiro atoms. The fourth-order valence-corrected chi connectivity index (χ4v) is 5.96. The van der Waals surface area contributed by atoms with Gasteiger partial charge in [-0.3, -0.25) is 14.6 Å². The van der Waals surface area contributed by atoms with Crippen LogP contribution < -0.4 is 5.32 Å². The molecule has 1 saturated carbocycles. The number of aromatic nitrogens is 2. The third kappa shape index (κ3) is 3.27. The fourth-order valence-electron chi connectivity index (χ4n) is 5.96. The Labute approximate surface area is 206 Å². The van der Waals surface area contributed by atoms with Gasteiger partial charge in [0.25, 0.3) is 5.91 Å². The van der Waals surface area contributed by atoms with Crippen LogP contribution in [0.4, 0.5) is 4.39 Å². The second-order valence-corrected chi connectivity index (χ2v) is 10.3. The Morgan fingerprint density at radius 3 is 2.75 bits per heavy atom. The zero-order valence-electron chi connectivity index (χ0n) is 19.8. The van der Waals surface area contributed by atoms with Crippen LogP contribution in [0.1, 0.15) is 35.9 Å². The van der Waals surface area contributed by atoms with Gasteiger partial charge in [-0.05, 0) is 34.8 Å². The molecule has 2 fully saturated rings. The maximum atomic E-state index is 14.2. The number of halogens is 1. The molecule has 2 aromatic carbocycles. The molecule has 8 heteroatoms. The zero-order chi connectivity index (χ0) is 25.2. The lowest BCUT2D eigenvalue weighted by atomic mass is 9.98. The van der Waals surface area contributed by atoms with Crippen LogP contribution in [0.2, 0.25) is 0 Å². The first-order chi connectivity index (χ1) is 17.3. The van der Waals surface area contributed by atoms with E-state index in [2.05, 4.69) is 35.2 Å². The smallest absolute Gasteiger partial charge is 0.271 e. The molecule has 4 atom stereocenters. The van der Waals surface area contributed by atoms with Gasteiger partial charge in [-0.25, -0.2) is 4.39 Å².